The smallest absolute Gasteiger partial charge is 0.218 e. The number of hydrogen-bond donors (Lipinski definition) is 3. The first-order valence-electron chi connectivity index (χ1n) is 6.41. The molecule has 4 N–H and O–H groups in total. The van der Waals surface area contributed by atoms with Crippen LogP contribution in [0.25, 0.3) is 0 Å². The second kappa shape index (κ2) is 8.31. The van der Waals surface area contributed by atoms with Crippen LogP contribution in [0.2, 0.25) is 0 Å². The quantitative estimate of drug-likeness (QED) is 0.218. The van der Waals surface area contributed by atoms with Gasteiger partial charge in [0.25, 0.3) is 0 Å². The number of oxime groups is 1. The largest absolute Gasteiger partial charge is 0.475 e. The topological polar surface area (TPSA) is 92.8 Å². The molecular weight excluding hydrogens is 244 g/mol. The molecule has 0 saturated heterocycles. The highest BCUT2D eigenvalue weighted by Crippen LogP contribution is 2.15. The van der Waals surface area contributed by atoms with Crippen LogP contribution in [0.1, 0.15) is 32.3 Å². The van der Waals surface area contributed by atoms with Gasteiger partial charge in [-0.2, -0.15) is 0 Å². The Morgan fingerprint density at radius 3 is 3.05 bits per heavy atom. The Morgan fingerprint density at radius 2 is 2.37 bits per heavy atom. The molecule has 19 heavy (non-hydrogen) atoms. The first kappa shape index (κ1) is 15.2. The van der Waals surface area contributed by atoms with Gasteiger partial charge < -0.3 is 21.0 Å². The van der Waals surface area contributed by atoms with E-state index in [0.29, 0.717) is 18.8 Å². The van der Waals surface area contributed by atoms with Gasteiger partial charge >= 0.3 is 0 Å². The molecule has 0 spiro atoms. The van der Waals surface area contributed by atoms with Crippen molar-refractivity contribution >= 4 is 5.84 Å². The fraction of sp³-hybridized carbons (Fsp3) is 0.538. The second-order valence-corrected chi connectivity index (χ2v) is 4.51. The molecule has 1 rings (SSSR count). The monoisotopic (exact) mass is 266 g/mol. The van der Waals surface area contributed by atoms with Crippen molar-refractivity contribution in [3.05, 3.63) is 23.9 Å². The third kappa shape index (κ3) is 6.05. The van der Waals surface area contributed by atoms with Gasteiger partial charge in [0.2, 0.25) is 5.88 Å². The summed E-state index contributed by atoms with van der Waals surface area (Å²) < 4.78 is 5.63. The SMILES string of the molecule is CC(C)Oc1ncccc1CNCCCC(N)=NO. The summed E-state index contributed by atoms with van der Waals surface area (Å²) in [5.41, 5.74) is 6.42. The molecule has 106 valence electrons. The Labute approximate surface area is 113 Å². The molecule has 1 aromatic heterocycles. The van der Waals surface area contributed by atoms with Crippen molar-refractivity contribution in [2.24, 2.45) is 10.9 Å². The molecule has 1 aromatic rings. The predicted octanol–water partition coefficient (Wildman–Crippen LogP) is 1.48. The molecule has 0 atom stereocenters. The van der Waals surface area contributed by atoms with E-state index in [0.717, 1.165) is 18.5 Å². The maximum absolute atomic E-state index is 8.41. The Kier molecular flexibility index (Phi) is 6.67. The van der Waals surface area contributed by atoms with Crippen molar-refractivity contribution in [3.8, 4) is 5.88 Å². The minimum Gasteiger partial charge on any atom is -0.475 e. The number of nitrogens with zero attached hydrogens (tertiary/aromatic N) is 2. The molecule has 0 fully saturated rings. The summed E-state index contributed by atoms with van der Waals surface area (Å²) in [6.45, 7) is 5.42. The number of nitrogens with two attached hydrogens (primary N) is 1. The maximum Gasteiger partial charge on any atom is 0.218 e. The highest BCUT2D eigenvalue weighted by Gasteiger charge is 2.05. The minimum atomic E-state index is 0.106. The van der Waals surface area contributed by atoms with Crippen molar-refractivity contribution in [1.29, 1.82) is 0 Å². The molecule has 6 heteroatoms. The third-order valence-corrected chi connectivity index (χ3v) is 2.43. The van der Waals surface area contributed by atoms with Crippen LogP contribution < -0.4 is 15.8 Å². The molecular formula is C13H22N4O2. The van der Waals surface area contributed by atoms with E-state index in [1.165, 1.54) is 0 Å². The van der Waals surface area contributed by atoms with Gasteiger partial charge in [-0.1, -0.05) is 11.2 Å². The fourth-order valence-corrected chi connectivity index (χ4v) is 1.56. The molecule has 0 aliphatic carbocycles. The molecule has 0 aromatic carbocycles. The molecule has 1 heterocycles. The summed E-state index contributed by atoms with van der Waals surface area (Å²) in [6, 6.07) is 3.88. The molecule has 0 unspecified atom stereocenters. The zero-order valence-corrected chi connectivity index (χ0v) is 11.5. The Hall–Kier alpha value is -1.82. The van der Waals surface area contributed by atoms with E-state index in [2.05, 4.69) is 15.5 Å². The second-order valence-electron chi connectivity index (χ2n) is 4.51. The summed E-state index contributed by atoms with van der Waals surface area (Å²) in [4.78, 5) is 4.22. The number of aromatic nitrogens is 1. The third-order valence-electron chi connectivity index (χ3n) is 2.43. The molecule has 0 aliphatic rings. The summed E-state index contributed by atoms with van der Waals surface area (Å²) in [6.07, 6.45) is 3.22. The van der Waals surface area contributed by atoms with E-state index < -0.39 is 0 Å². The van der Waals surface area contributed by atoms with Gasteiger partial charge in [-0.05, 0) is 32.9 Å². The standard InChI is InChI=1S/C13H22N4O2/c1-10(2)19-13-11(5-3-8-16-13)9-15-7-4-6-12(14)17-18/h3,5,8,10,15,18H,4,6-7,9H2,1-2H3,(H2,14,17). The highest BCUT2D eigenvalue weighted by atomic mass is 16.5. The van der Waals surface area contributed by atoms with E-state index in [4.69, 9.17) is 15.7 Å². The van der Waals surface area contributed by atoms with Crippen LogP contribution in [0, 0.1) is 0 Å². The van der Waals surface area contributed by atoms with E-state index in [9.17, 15) is 0 Å². The van der Waals surface area contributed by atoms with E-state index in [1.807, 2.05) is 26.0 Å². The van der Waals surface area contributed by atoms with Gasteiger partial charge in [0.15, 0.2) is 0 Å². The number of amidine groups is 1. The summed E-state index contributed by atoms with van der Waals surface area (Å²) in [5.74, 6) is 0.924. The average Bonchev–Trinajstić information content (AvgIpc) is 2.39. The lowest BCUT2D eigenvalue weighted by Gasteiger charge is -2.13. The van der Waals surface area contributed by atoms with Crippen molar-refractivity contribution in [1.82, 2.24) is 10.3 Å². The molecule has 0 amide bonds. The molecule has 0 aliphatic heterocycles. The molecule has 0 radical (unpaired) electrons. The molecule has 0 saturated carbocycles. The van der Waals surface area contributed by atoms with Crippen molar-refractivity contribution in [3.63, 3.8) is 0 Å². The van der Waals surface area contributed by atoms with E-state index in [1.54, 1.807) is 6.20 Å². The number of hydrogen-bond acceptors (Lipinski definition) is 5. The Balaban J connectivity index is 2.36. The number of pyridine rings is 1. The Morgan fingerprint density at radius 1 is 1.58 bits per heavy atom. The number of ether oxygens (including phenoxy) is 1. The van der Waals surface area contributed by atoms with Crippen LogP contribution in [0.4, 0.5) is 0 Å². The van der Waals surface area contributed by atoms with Gasteiger partial charge in [0, 0.05) is 24.7 Å². The van der Waals surface area contributed by atoms with E-state index >= 15 is 0 Å². The van der Waals surface area contributed by atoms with Crippen LogP contribution in [-0.4, -0.2) is 28.7 Å². The minimum absolute atomic E-state index is 0.106. The molecule has 0 bridgehead atoms. The average molecular weight is 266 g/mol. The van der Waals surface area contributed by atoms with Crippen molar-refractivity contribution in [2.45, 2.75) is 39.3 Å². The fourth-order valence-electron chi connectivity index (χ4n) is 1.56. The highest BCUT2D eigenvalue weighted by molar-refractivity contribution is 5.79. The van der Waals surface area contributed by atoms with Gasteiger partial charge in [-0.25, -0.2) is 4.98 Å². The number of rotatable bonds is 8. The Bertz CT molecular complexity index is 407. The van der Waals surface area contributed by atoms with E-state index in [-0.39, 0.29) is 11.9 Å². The summed E-state index contributed by atoms with van der Waals surface area (Å²) in [7, 11) is 0. The first-order chi connectivity index (χ1) is 9.13. The van der Waals surface area contributed by atoms with Gasteiger partial charge in [-0.3, -0.25) is 0 Å². The van der Waals surface area contributed by atoms with Gasteiger partial charge in [0.1, 0.15) is 5.84 Å². The maximum atomic E-state index is 8.41. The van der Waals surface area contributed by atoms with Crippen LogP contribution >= 0.6 is 0 Å². The van der Waals surface area contributed by atoms with Crippen LogP contribution in [-0.2, 0) is 6.54 Å². The zero-order chi connectivity index (χ0) is 14.1. The summed E-state index contributed by atoms with van der Waals surface area (Å²) in [5, 5.41) is 14.6. The van der Waals surface area contributed by atoms with Crippen LogP contribution in [0.3, 0.4) is 0 Å². The lowest BCUT2D eigenvalue weighted by Crippen LogP contribution is -2.19. The lowest BCUT2D eigenvalue weighted by atomic mass is 10.2. The van der Waals surface area contributed by atoms with Crippen LogP contribution in [0.15, 0.2) is 23.5 Å². The van der Waals surface area contributed by atoms with Gasteiger partial charge in [-0.15, -0.1) is 0 Å². The van der Waals surface area contributed by atoms with Crippen LogP contribution in [0.5, 0.6) is 5.88 Å². The lowest BCUT2D eigenvalue weighted by molar-refractivity contribution is 0.229. The van der Waals surface area contributed by atoms with Crippen molar-refractivity contribution in [2.75, 3.05) is 6.54 Å². The van der Waals surface area contributed by atoms with Crippen molar-refractivity contribution < 1.29 is 9.94 Å². The summed E-state index contributed by atoms with van der Waals surface area (Å²) >= 11 is 0. The van der Waals surface area contributed by atoms with Gasteiger partial charge in [0.05, 0.1) is 6.10 Å². The molecule has 6 nitrogen and oxygen atoms in total. The predicted molar refractivity (Wildman–Crippen MR) is 74.4 cm³/mol. The first-order valence-corrected chi connectivity index (χ1v) is 6.41. The number of nitrogens with one attached hydrogen (secondary N) is 1. The normalized spacial score (nSPS) is 11.8. The zero-order valence-electron chi connectivity index (χ0n) is 11.5.